The third-order valence-electron chi connectivity index (χ3n) is 5.00. The van der Waals surface area contributed by atoms with E-state index in [4.69, 9.17) is 9.66 Å². The van der Waals surface area contributed by atoms with E-state index in [1.165, 1.54) is 37.8 Å². The minimum absolute atomic E-state index is 0.0679. The van der Waals surface area contributed by atoms with E-state index in [-0.39, 0.29) is 11.3 Å². The molecule has 0 aliphatic heterocycles. The molecule has 2 N–H and O–H groups in total. The molecule has 1 aromatic carbocycles. The predicted molar refractivity (Wildman–Crippen MR) is 108 cm³/mol. The minimum atomic E-state index is -4.15. The van der Waals surface area contributed by atoms with Crippen molar-refractivity contribution in [3.05, 3.63) is 29.8 Å². The van der Waals surface area contributed by atoms with Gasteiger partial charge in [-0.15, -0.1) is 0 Å². The average molecular weight is 399 g/mol. The zero-order valence-corrected chi connectivity index (χ0v) is 17.2. The van der Waals surface area contributed by atoms with Crippen molar-refractivity contribution < 1.29 is 22.9 Å². The second-order valence-corrected chi connectivity index (χ2v) is 8.71. The molecule has 0 amide bonds. The molecule has 1 unspecified atom stereocenters. The highest BCUT2D eigenvalue weighted by molar-refractivity contribution is 7.85. The van der Waals surface area contributed by atoms with Crippen molar-refractivity contribution in [1.29, 1.82) is 0 Å². The van der Waals surface area contributed by atoms with Crippen LogP contribution in [-0.4, -0.2) is 24.0 Å². The molecular weight excluding hydrogens is 364 g/mol. The summed E-state index contributed by atoms with van der Waals surface area (Å²) in [4.78, 5) is 10.5. The van der Waals surface area contributed by atoms with Crippen molar-refractivity contribution in [3.63, 3.8) is 0 Å². The van der Waals surface area contributed by atoms with Crippen LogP contribution in [0.1, 0.15) is 95.5 Å². The van der Waals surface area contributed by atoms with Gasteiger partial charge in [-0.1, -0.05) is 70.4 Å². The van der Waals surface area contributed by atoms with Crippen molar-refractivity contribution in [1.82, 2.24) is 0 Å². The zero-order chi connectivity index (χ0) is 20.1. The molecule has 154 valence electrons. The first-order valence-corrected chi connectivity index (χ1v) is 11.6. The molecule has 0 heterocycles. The number of hydrogen-bond acceptors (Lipinski definition) is 3. The van der Waals surface area contributed by atoms with Gasteiger partial charge in [0.1, 0.15) is 0 Å². The van der Waals surface area contributed by atoms with E-state index in [0.717, 1.165) is 50.5 Å². The summed E-state index contributed by atoms with van der Waals surface area (Å²) in [6.45, 7) is 2.20. The highest BCUT2D eigenvalue weighted by Gasteiger charge is 2.14. The van der Waals surface area contributed by atoms with Crippen LogP contribution in [0.25, 0.3) is 0 Å². The Morgan fingerprint density at radius 2 is 1.41 bits per heavy atom. The number of carboxylic acid groups (broad SMARTS) is 1. The lowest BCUT2D eigenvalue weighted by Crippen LogP contribution is -2.02. The van der Waals surface area contributed by atoms with Gasteiger partial charge in [0, 0.05) is 6.42 Å². The van der Waals surface area contributed by atoms with Gasteiger partial charge >= 0.3 is 5.97 Å². The lowest BCUT2D eigenvalue weighted by atomic mass is 9.88. The third-order valence-corrected chi connectivity index (χ3v) is 5.87. The topological polar surface area (TPSA) is 91.7 Å². The van der Waals surface area contributed by atoms with E-state index in [1.807, 2.05) is 12.1 Å². The molecule has 0 aliphatic rings. The number of hydrogen-bond donors (Lipinski definition) is 2. The number of carbonyl (C=O) groups is 1. The normalized spacial score (nSPS) is 12.8. The first-order chi connectivity index (χ1) is 12.8. The quantitative estimate of drug-likeness (QED) is 0.288. The van der Waals surface area contributed by atoms with Crippen molar-refractivity contribution in [3.8, 4) is 0 Å². The Labute approximate surface area is 163 Å². The number of benzene rings is 1. The summed E-state index contributed by atoms with van der Waals surface area (Å²) in [6, 6.07) is 6.57. The Hall–Kier alpha value is -1.40. The summed E-state index contributed by atoms with van der Waals surface area (Å²) in [5, 5.41) is 8.68. The predicted octanol–water partition coefficient (Wildman–Crippen LogP) is 5.80. The highest BCUT2D eigenvalue weighted by Crippen LogP contribution is 2.29. The molecule has 6 heteroatoms. The fourth-order valence-corrected chi connectivity index (χ4v) is 3.88. The molecule has 0 aliphatic carbocycles. The molecule has 0 spiro atoms. The molecule has 1 rings (SSSR count). The van der Waals surface area contributed by atoms with E-state index in [2.05, 4.69) is 6.92 Å². The largest absolute Gasteiger partial charge is 0.481 e. The Bertz CT molecular complexity index is 637. The van der Waals surface area contributed by atoms with Crippen LogP contribution < -0.4 is 0 Å². The molecule has 1 atom stereocenters. The van der Waals surface area contributed by atoms with Crippen LogP contribution in [0.15, 0.2) is 29.2 Å². The molecule has 5 nitrogen and oxygen atoms in total. The van der Waals surface area contributed by atoms with Gasteiger partial charge in [0.2, 0.25) is 0 Å². The highest BCUT2D eigenvalue weighted by atomic mass is 32.2. The van der Waals surface area contributed by atoms with Crippen LogP contribution in [-0.2, 0) is 14.9 Å². The Morgan fingerprint density at radius 3 is 1.89 bits per heavy atom. The Balaban J connectivity index is 2.57. The van der Waals surface area contributed by atoms with E-state index in [1.54, 1.807) is 0 Å². The SMILES string of the molecule is CCCCCCCC(CCCCCCC(=O)O)c1ccc(S(=O)(=O)O)cc1. The zero-order valence-electron chi connectivity index (χ0n) is 16.4. The lowest BCUT2D eigenvalue weighted by molar-refractivity contribution is -0.137. The lowest BCUT2D eigenvalue weighted by Gasteiger charge is -2.18. The van der Waals surface area contributed by atoms with E-state index < -0.39 is 16.1 Å². The van der Waals surface area contributed by atoms with E-state index >= 15 is 0 Å². The molecule has 0 aromatic heterocycles. The van der Waals surface area contributed by atoms with Gasteiger partial charge in [0.05, 0.1) is 4.90 Å². The summed E-state index contributed by atoms with van der Waals surface area (Å²) in [6.07, 6.45) is 12.1. The first-order valence-electron chi connectivity index (χ1n) is 10.1. The van der Waals surface area contributed by atoms with Gasteiger partial charge < -0.3 is 5.11 Å². The molecule has 0 saturated carbocycles. The summed E-state index contributed by atoms with van der Waals surface area (Å²) in [7, 11) is -4.15. The first kappa shape index (κ1) is 23.6. The second-order valence-electron chi connectivity index (χ2n) is 7.29. The van der Waals surface area contributed by atoms with Gasteiger partial charge in [-0.25, -0.2) is 0 Å². The standard InChI is InChI=1S/C21H34O5S/c1-2-3-4-5-8-11-18(12-9-6-7-10-13-21(22)23)19-14-16-20(17-15-19)27(24,25)26/h14-18H,2-13H2,1H3,(H,22,23)(H,24,25,26). The number of unbranched alkanes of at least 4 members (excludes halogenated alkanes) is 7. The Kier molecular flexibility index (Phi) is 11.3. The second kappa shape index (κ2) is 12.9. The van der Waals surface area contributed by atoms with Gasteiger partial charge in [0.25, 0.3) is 10.1 Å². The van der Waals surface area contributed by atoms with Gasteiger partial charge in [-0.3, -0.25) is 9.35 Å². The van der Waals surface area contributed by atoms with Crippen LogP contribution in [0.3, 0.4) is 0 Å². The fourth-order valence-electron chi connectivity index (χ4n) is 3.40. The summed E-state index contributed by atoms with van der Waals surface area (Å²) in [5.41, 5.74) is 1.11. The summed E-state index contributed by atoms with van der Waals surface area (Å²) < 4.78 is 31.6. The maximum absolute atomic E-state index is 11.2. The van der Waals surface area contributed by atoms with Crippen molar-refractivity contribution in [2.45, 2.75) is 94.8 Å². The van der Waals surface area contributed by atoms with Gasteiger partial charge in [0.15, 0.2) is 0 Å². The van der Waals surface area contributed by atoms with Gasteiger partial charge in [-0.2, -0.15) is 8.42 Å². The van der Waals surface area contributed by atoms with Crippen LogP contribution in [0.5, 0.6) is 0 Å². The van der Waals surface area contributed by atoms with Crippen LogP contribution >= 0.6 is 0 Å². The average Bonchev–Trinajstić information content (AvgIpc) is 2.61. The number of aliphatic carboxylic acids is 1. The van der Waals surface area contributed by atoms with E-state index in [0.29, 0.717) is 5.92 Å². The summed E-state index contributed by atoms with van der Waals surface area (Å²) >= 11 is 0. The van der Waals surface area contributed by atoms with E-state index in [9.17, 15) is 13.2 Å². The third kappa shape index (κ3) is 10.5. The minimum Gasteiger partial charge on any atom is -0.481 e. The molecule has 27 heavy (non-hydrogen) atoms. The molecule has 0 radical (unpaired) electrons. The fraction of sp³-hybridized carbons (Fsp3) is 0.667. The molecule has 0 bridgehead atoms. The maximum Gasteiger partial charge on any atom is 0.303 e. The van der Waals surface area contributed by atoms with Crippen molar-refractivity contribution >= 4 is 16.1 Å². The monoisotopic (exact) mass is 398 g/mol. The molecule has 1 aromatic rings. The van der Waals surface area contributed by atoms with Crippen molar-refractivity contribution in [2.75, 3.05) is 0 Å². The van der Waals surface area contributed by atoms with Crippen LogP contribution in [0.4, 0.5) is 0 Å². The smallest absolute Gasteiger partial charge is 0.303 e. The maximum atomic E-state index is 11.2. The van der Waals surface area contributed by atoms with Crippen LogP contribution in [0.2, 0.25) is 0 Å². The molecular formula is C21H34O5S. The molecule has 0 saturated heterocycles. The molecule has 0 fully saturated rings. The Morgan fingerprint density at radius 1 is 0.889 bits per heavy atom. The van der Waals surface area contributed by atoms with Crippen LogP contribution in [0, 0.1) is 0 Å². The number of carboxylic acids is 1. The van der Waals surface area contributed by atoms with Gasteiger partial charge in [-0.05, 0) is 42.9 Å². The number of rotatable bonds is 15. The van der Waals surface area contributed by atoms with Crippen molar-refractivity contribution in [2.24, 2.45) is 0 Å². The summed E-state index contributed by atoms with van der Waals surface area (Å²) in [5.74, 6) is -0.361.